The molecule has 0 aliphatic rings. The van der Waals surface area contributed by atoms with E-state index in [2.05, 4.69) is 21.2 Å². The van der Waals surface area contributed by atoms with Crippen molar-refractivity contribution in [2.75, 3.05) is 16.2 Å². The van der Waals surface area contributed by atoms with Gasteiger partial charge in [0.1, 0.15) is 6.54 Å². The predicted octanol–water partition coefficient (Wildman–Crippen LogP) is 3.47. The molecule has 0 aliphatic heterocycles. The van der Waals surface area contributed by atoms with E-state index in [0.717, 1.165) is 9.82 Å². The van der Waals surface area contributed by atoms with Gasteiger partial charge in [-0.2, -0.15) is 0 Å². The number of benzene rings is 3. The molecule has 0 saturated heterocycles. The molecule has 4 aromatic rings. The summed E-state index contributed by atoms with van der Waals surface area (Å²) < 4.78 is 31.5. The minimum Gasteiger partial charge on any atom is -0.324 e. The van der Waals surface area contributed by atoms with Crippen LogP contribution >= 0.6 is 15.9 Å². The van der Waals surface area contributed by atoms with Gasteiger partial charge in [-0.1, -0.05) is 40.2 Å². The summed E-state index contributed by atoms with van der Waals surface area (Å²) in [5, 5.41) is 2.75. The van der Waals surface area contributed by atoms with Crippen LogP contribution < -0.4 is 15.3 Å². The van der Waals surface area contributed by atoms with Crippen LogP contribution in [0.25, 0.3) is 11.0 Å². The molecule has 0 aliphatic carbocycles. The second-order valence-corrected chi connectivity index (χ2v) is 10.2. The number of carbonyl (C=O) groups excluding carboxylic acids is 1. The van der Waals surface area contributed by atoms with Crippen LogP contribution in [0.4, 0.5) is 11.4 Å². The van der Waals surface area contributed by atoms with Gasteiger partial charge in [0.2, 0.25) is 5.91 Å². The molecular weight excluding hydrogens is 508 g/mol. The van der Waals surface area contributed by atoms with Crippen molar-refractivity contribution in [3.8, 4) is 0 Å². The van der Waals surface area contributed by atoms with Crippen LogP contribution in [0.3, 0.4) is 0 Å². The van der Waals surface area contributed by atoms with E-state index in [1.54, 1.807) is 74.8 Å². The number of amides is 1. The molecule has 0 bridgehead atoms. The number of anilines is 2. The highest BCUT2D eigenvalue weighted by Gasteiger charge is 2.27. The lowest BCUT2D eigenvalue weighted by Crippen LogP contribution is -2.38. The monoisotopic (exact) mass is 528 g/mol. The van der Waals surface area contributed by atoms with Crippen LogP contribution in [0.2, 0.25) is 0 Å². The maximum atomic E-state index is 13.4. The lowest BCUT2D eigenvalue weighted by atomic mass is 10.2. The van der Waals surface area contributed by atoms with Crippen molar-refractivity contribution < 1.29 is 13.2 Å². The number of hydrogen-bond donors (Lipinski definition) is 1. The van der Waals surface area contributed by atoms with E-state index in [1.165, 1.54) is 21.3 Å². The number of carbonyl (C=O) groups is 1. The third kappa shape index (κ3) is 4.44. The lowest BCUT2D eigenvalue weighted by Gasteiger charge is -2.24. The van der Waals surface area contributed by atoms with Gasteiger partial charge in [-0.15, -0.1) is 0 Å². The molecule has 0 spiro atoms. The lowest BCUT2D eigenvalue weighted by molar-refractivity contribution is -0.114. The smallest absolute Gasteiger partial charge is 0.324 e. The van der Waals surface area contributed by atoms with Crippen LogP contribution in [-0.4, -0.2) is 30.0 Å². The zero-order chi connectivity index (χ0) is 23.8. The van der Waals surface area contributed by atoms with Gasteiger partial charge in [0.15, 0.2) is 0 Å². The highest BCUT2D eigenvalue weighted by atomic mass is 79.9. The molecule has 0 fully saturated rings. The van der Waals surface area contributed by atoms with Gasteiger partial charge in [-0.05, 0) is 48.5 Å². The summed E-state index contributed by atoms with van der Waals surface area (Å²) in [5.41, 5.74) is 2.01. The van der Waals surface area contributed by atoms with E-state index < -0.39 is 22.5 Å². The Balaban J connectivity index is 1.67. The van der Waals surface area contributed by atoms with Crippen molar-refractivity contribution >= 4 is 54.3 Å². The van der Waals surface area contributed by atoms with E-state index in [-0.39, 0.29) is 10.6 Å². The normalized spacial score (nSPS) is 11.5. The summed E-state index contributed by atoms with van der Waals surface area (Å²) in [6, 6.07) is 19.8. The van der Waals surface area contributed by atoms with Gasteiger partial charge in [0.05, 0.1) is 21.6 Å². The topological polar surface area (TPSA) is 93.4 Å². The number of rotatable bonds is 6. The largest absolute Gasteiger partial charge is 0.328 e. The number of aromatic nitrogens is 2. The first-order chi connectivity index (χ1) is 15.7. The predicted molar refractivity (Wildman–Crippen MR) is 132 cm³/mol. The highest BCUT2D eigenvalue weighted by molar-refractivity contribution is 9.10. The van der Waals surface area contributed by atoms with Gasteiger partial charge in [-0.3, -0.25) is 18.2 Å². The van der Waals surface area contributed by atoms with Crippen LogP contribution in [0.5, 0.6) is 0 Å². The number of hydrogen-bond acceptors (Lipinski definition) is 4. The summed E-state index contributed by atoms with van der Waals surface area (Å²) in [7, 11) is -0.675. The summed E-state index contributed by atoms with van der Waals surface area (Å²) in [4.78, 5) is 25.2. The minimum absolute atomic E-state index is 0.0819. The quantitative estimate of drug-likeness (QED) is 0.414. The van der Waals surface area contributed by atoms with Gasteiger partial charge < -0.3 is 5.32 Å². The standard InChI is InChI=1S/C23H21BrN4O4S/c1-26-20-12-11-17(14-21(20)27(2)23(26)30)25-22(29)15-28(18-8-6-7-16(24)13-18)33(31,32)19-9-4-3-5-10-19/h3-14H,15H2,1-2H3,(H,25,29). The Bertz CT molecular complexity index is 1510. The molecule has 1 N–H and O–H groups in total. The molecule has 0 saturated carbocycles. The van der Waals surface area contributed by atoms with Gasteiger partial charge >= 0.3 is 5.69 Å². The minimum atomic E-state index is -4.00. The highest BCUT2D eigenvalue weighted by Crippen LogP contribution is 2.26. The summed E-state index contributed by atoms with van der Waals surface area (Å²) in [6.07, 6.45) is 0. The second-order valence-electron chi connectivity index (χ2n) is 7.46. The van der Waals surface area contributed by atoms with Crippen molar-refractivity contribution in [1.82, 2.24) is 9.13 Å². The first-order valence-corrected chi connectivity index (χ1v) is 12.2. The van der Waals surface area contributed by atoms with Crippen molar-refractivity contribution in [3.63, 3.8) is 0 Å². The van der Waals surface area contributed by atoms with Crippen LogP contribution in [0.15, 0.2) is 87.0 Å². The molecular formula is C23H21BrN4O4S. The maximum Gasteiger partial charge on any atom is 0.328 e. The Morgan fingerprint density at radius 2 is 1.64 bits per heavy atom. The fourth-order valence-corrected chi connectivity index (χ4v) is 5.40. The summed E-state index contributed by atoms with van der Waals surface area (Å²) >= 11 is 3.36. The van der Waals surface area contributed by atoms with E-state index >= 15 is 0 Å². The van der Waals surface area contributed by atoms with Gasteiger partial charge in [0, 0.05) is 24.3 Å². The van der Waals surface area contributed by atoms with Crippen LogP contribution in [0, 0.1) is 0 Å². The number of fused-ring (bicyclic) bond motifs is 1. The molecule has 0 atom stereocenters. The van der Waals surface area contributed by atoms with Crippen molar-refractivity contribution in [1.29, 1.82) is 0 Å². The van der Waals surface area contributed by atoms with Crippen molar-refractivity contribution in [2.45, 2.75) is 4.90 Å². The molecule has 10 heteroatoms. The third-order valence-corrected chi connectivity index (χ3v) is 7.55. The Hall–Kier alpha value is -3.37. The number of aryl methyl sites for hydroxylation is 2. The van der Waals surface area contributed by atoms with E-state index in [9.17, 15) is 18.0 Å². The van der Waals surface area contributed by atoms with Crippen molar-refractivity contribution in [3.05, 3.63) is 87.8 Å². The van der Waals surface area contributed by atoms with Crippen LogP contribution in [-0.2, 0) is 28.9 Å². The van der Waals surface area contributed by atoms with Crippen molar-refractivity contribution in [2.24, 2.45) is 14.1 Å². The molecule has 3 aromatic carbocycles. The summed E-state index contributed by atoms with van der Waals surface area (Å²) in [5.74, 6) is -0.519. The first-order valence-electron chi connectivity index (χ1n) is 9.97. The molecule has 1 aromatic heterocycles. The van der Waals surface area contributed by atoms with Gasteiger partial charge in [0.25, 0.3) is 10.0 Å². The average molecular weight is 529 g/mol. The zero-order valence-corrected chi connectivity index (χ0v) is 20.3. The average Bonchev–Trinajstić information content (AvgIpc) is 3.01. The van der Waals surface area contributed by atoms with Gasteiger partial charge in [-0.25, -0.2) is 13.2 Å². The summed E-state index contributed by atoms with van der Waals surface area (Å²) in [6.45, 7) is -0.431. The third-order valence-electron chi connectivity index (χ3n) is 5.27. The van der Waals surface area contributed by atoms with E-state index in [1.807, 2.05) is 0 Å². The number of halogens is 1. The fourth-order valence-electron chi connectivity index (χ4n) is 3.58. The molecule has 33 heavy (non-hydrogen) atoms. The Morgan fingerprint density at radius 1 is 0.939 bits per heavy atom. The maximum absolute atomic E-state index is 13.4. The Kier molecular flexibility index (Phi) is 6.13. The fraction of sp³-hybridized carbons (Fsp3) is 0.130. The first kappa shape index (κ1) is 22.8. The number of sulfonamides is 1. The molecule has 8 nitrogen and oxygen atoms in total. The Morgan fingerprint density at radius 3 is 2.33 bits per heavy atom. The molecule has 1 amide bonds. The molecule has 1 heterocycles. The SMILES string of the molecule is Cn1c(=O)n(C)c2cc(NC(=O)CN(c3cccc(Br)c3)S(=O)(=O)c3ccccc3)ccc21. The number of nitrogens with zero attached hydrogens (tertiary/aromatic N) is 3. The number of nitrogens with one attached hydrogen (secondary N) is 1. The zero-order valence-electron chi connectivity index (χ0n) is 17.9. The molecule has 170 valence electrons. The molecule has 0 radical (unpaired) electrons. The Labute approximate surface area is 199 Å². The van der Waals surface area contributed by atoms with E-state index in [4.69, 9.17) is 0 Å². The molecule has 0 unspecified atom stereocenters. The van der Waals surface area contributed by atoms with E-state index in [0.29, 0.717) is 21.4 Å². The molecule has 4 rings (SSSR count). The second kappa shape index (κ2) is 8.87. The van der Waals surface area contributed by atoms with Crippen LogP contribution in [0.1, 0.15) is 0 Å². The number of imidazole rings is 1.